The monoisotopic (exact) mass is 496 g/mol. The lowest BCUT2D eigenvalue weighted by atomic mass is 9.97. The van der Waals surface area contributed by atoms with Gasteiger partial charge in [0.25, 0.3) is 0 Å². The molecule has 8 heteroatoms. The van der Waals surface area contributed by atoms with Gasteiger partial charge in [-0.05, 0) is 74.5 Å². The second-order valence-electron chi connectivity index (χ2n) is 8.94. The van der Waals surface area contributed by atoms with Crippen LogP contribution in [0.2, 0.25) is 5.02 Å². The van der Waals surface area contributed by atoms with Gasteiger partial charge in [0.15, 0.2) is 0 Å². The Labute approximate surface area is 211 Å². The number of ether oxygens (including phenoxy) is 1. The smallest absolute Gasteiger partial charge is 0.241 e. The van der Waals surface area contributed by atoms with Crippen LogP contribution in [-0.2, 0) is 17.8 Å². The number of nitrogens with zero attached hydrogens (tertiary/aromatic N) is 3. The highest BCUT2D eigenvalue weighted by atomic mass is 35.5. The van der Waals surface area contributed by atoms with E-state index < -0.39 is 0 Å². The Balaban J connectivity index is 1.22. The van der Waals surface area contributed by atoms with Crippen molar-refractivity contribution < 1.29 is 14.1 Å². The number of hydrogen-bond acceptors (Lipinski definition) is 6. The molecule has 186 valence electrons. The molecule has 1 saturated heterocycles. The van der Waals surface area contributed by atoms with Crippen molar-refractivity contribution in [1.82, 2.24) is 20.4 Å². The molecule has 2 aromatic carbocycles. The molecule has 0 aliphatic carbocycles. The molecule has 3 aromatic rings. The van der Waals surface area contributed by atoms with Crippen LogP contribution in [0.4, 0.5) is 0 Å². The van der Waals surface area contributed by atoms with E-state index in [1.807, 2.05) is 30.3 Å². The fourth-order valence-electron chi connectivity index (χ4n) is 4.34. The van der Waals surface area contributed by atoms with Crippen molar-refractivity contribution in [1.29, 1.82) is 0 Å². The van der Waals surface area contributed by atoms with Gasteiger partial charge in [-0.3, -0.25) is 9.69 Å². The van der Waals surface area contributed by atoms with E-state index in [2.05, 4.69) is 33.3 Å². The molecule has 0 radical (unpaired) electrons. The van der Waals surface area contributed by atoms with E-state index in [1.165, 1.54) is 5.56 Å². The summed E-state index contributed by atoms with van der Waals surface area (Å²) in [6, 6.07) is 15.5. The predicted molar refractivity (Wildman–Crippen MR) is 136 cm³/mol. The third-order valence-corrected chi connectivity index (χ3v) is 6.41. The Morgan fingerprint density at radius 2 is 2.06 bits per heavy atom. The number of aromatic nitrogens is 2. The number of halogens is 1. The molecule has 1 fully saturated rings. The molecular weight excluding hydrogens is 464 g/mol. The fourth-order valence-corrected chi connectivity index (χ4v) is 4.46. The quantitative estimate of drug-likeness (QED) is 0.370. The summed E-state index contributed by atoms with van der Waals surface area (Å²) in [5.41, 5.74) is 2.05. The highest BCUT2D eigenvalue weighted by molar-refractivity contribution is 6.30. The van der Waals surface area contributed by atoms with Crippen LogP contribution in [-0.4, -0.2) is 47.2 Å². The summed E-state index contributed by atoms with van der Waals surface area (Å²) in [6.07, 6.45) is 4.61. The van der Waals surface area contributed by atoms with E-state index in [-0.39, 0.29) is 11.8 Å². The van der Waals surface area contributed by atoms with Gasteiger partial charge in [-0.15, -0.1) is 0 Å². The zero-order valence-corrected chi connectivity index (χ0v) is 21.0. The van der Waals surface area contributed by atoms with E-state index in [9.17, 15) is 4.79 Å². The zero-order valence-electron chi connectivity index (χ0n) is 20.2. The fraction of sp³-hybridized carbons (Fsp3) is 0.444. The van der Waals surface area contributed by atoms with Crippen LogP contribution < -0.4 is 10.1 Å². The Bertz CT molecular complexity index is 1090. The molecule has 7 nitrogen and oxygen atoms in total. The zero-order chi connectivity index (χ0) is 24.5. The molecule has 2 heterocycles. The minimum absolute atomic E-state index is 0.0254. The molecule has 1 unspecified atom stereocenters. The average Bonchev–Trinajstić information content (AvgIpc) is 3.34. The van der Waals surface area contributed by atoms with Gasteiger partial charge in [0.05, 0.1) is 19.1 Å². The molecule has 1 aromatic heterocycles. The van der Waals surface area contributed by atoms with Gasteiger partial charge in [0.2, 0.25) is 17.6 Å². The molecule has 1 amide bonds. The van der Waals surface area contributed by atoms with Crippen LogP contribution >= 0.6 is 11.6 Å². The number of benzene rings is 2. The number of rotatable bonds is 11. The van der Waals surface area contributed by atoms with Crippen molar-refractivity contribution in [2.45, 2.75) is 45.6 Å². The Kier molecular flexibility index (Phi) is 9.15. The third kappa shape index (κ3) is 7.29. The Hall–Kier alpha value is -2.90. The number of carbonyl (C=O) groups excluding carboxylic acids is 1. The third-order valence-electron chi connectivity index (χ3n) is 6.16. The minimum Gasteiger partial charge on any atom is -0.493 e. The largest absolute Gasteiger partial charge is 0.493 e. The maximum atomic E-state index is 12.8. The predicted octanol–water partition coefficient (Wildman–Crippen LogP) is 5.14. The number of nitrogens with one attached hydrogen (secondary N) is 1. The molecular formula is C27H33ClN4O3. The van der Waals surface area contributed by atoms with Crippen LogP contribution in [0, 0.1) is 5.92 Å². The summed E-state index contributed by atoms with van der Waals surface area (Å²) >= 11 is 5.95. The van der Waals surface area contributed by atoms with E-state index in [0.29, 0.717) is 36.4 Å². The first-order valence-corrected chi connectivity index (χ1v) is 12.8. The number of hydrogen-bond donors (Lipinski definition) is 1. The second kappa shape index (κ2) is 12.7. The van der Waals surface area contributed by atoms with E-state index in [0.717, 1.165) is 56.6 Å². The summed E-state index contributed by atoms with van der Waals surface area (Å²) in [7, 11) is 0. The van der Waals surface area contributed by atoms with Crippen molar-refractivity contribution in [3.05, 3.63) is 65.0 Å². The maximum absolute atomic E-state index is 12.8. The molecule has 0 spiro atoms. The summed E-state index contributed by atoms with van der Waals surface area (Å²) in [6.45, 7) is 5.63. The van der Waals surface area contributed by atoms with Crippen LogP contribution in [0.3, 0.4) is 0 Å². The first-order chi connectivity index (χ1) is 17.1. The number of para-hydroxylation sites is 1. The van der Waals surface area contributed by atoms with E-state index in [4.69, 9.17) is 20.9 Å². The number of aryl methyl sites for hydroxylation is 1. The maximum Gasteiger partial charge on any atom is 0.241 e. The first kappa shape index (κ1) is 25.2. The molecule has 0 bridgehead atoms. The first-order valence-electron chi connectivity index (χ1n) is 12.4. The lowest BCUT2D eigenvalue weighted by Crippen LogP contribution is -2.43. The highest BCUT2D eigenvalue weighted by Crippen LogP contribution is 2.22. The number of piperidine rings is 1. The summed E-state index contributed by atoms with van der Waals surface area (Å²) in [5, 5.41) is 7.89. The van der Waals surface area contributed by atoms with Crippen molar-refractivity contribution in [2.24, 2.45) is 5.92 Å². The van der Waals surface area contributed by atoms with Gasteiger partial charge in [0.1, 0.15) is 5.75 Å². The SMILES string of the molecule is CCCOc1ccccc1CCCNC(=O)C1CCCN(Cc2nc(-c3ccc(Cl)cc3)no2)C1. The second-order valence-corrected chi connectivity index (χ2v) is 9.38. The van der Waals surface area contributed by atoms with Crippen molar-refractivity contribution >= 4 is 17.5 Å². The number of likely N-dealkylation sites (tertiary alicyclic amines) is 1. The Morgan fingerprint density at radius 1 is 1.23 bits per heavy atom. The Morgan fingerprint density at radius 3 is 2.89 bits per heavy atom. The van der Waals surface area contributed by atoms with Crippen LogP contribution in [0.15, 0.2) is 53.1 Å². The van der Waals surface area contributed by atoms with Crippen molar-refractivity contribution in [3.8, 4) is 17.1 Å². The number of carbonyl (C=O) groups is 1. The van der Waals surface area contributed by atoms with Crippen LogP contribution in [0.5, 0.6) is 5.75 Å². The molecule has 4 rings (SSSR count). The molecule has 1 atom stereocenters. The van der Waals surface area contributed by atoms with Gasteiger partial charge >= 0.3 is 0 Å². The normalized spacial score (nSPS) is 16.2. The van der Waals surface area contributed by atoms with Gasteiger partial charge in [-0.2, -0.15) is 4.98 Å². The molecule has 35 heavy (non-hydrogen) atoms. The molecule has 1 aliphatic rings. The average molecular weight is 497 g/mol. The van der Waals surface area contributed by atoms with Gasteiger partial charge in [-0.25, -0.2) is 0 Å². The van der Waals surface area contributed by atoms with E-state index in [1.54, 1.807) is 12.1 Å². The molecule has 1 aliphatic heterocycles. The lowest BCUT2D eigenvalue weighted by Gasteiger charge is -2.30. The number of amides is 1. The van der Waals surface area contributed by atoms with Crippen LogP contribution in [0.1, 0.15) is 44.1 Å². The minimum atomic E-state index is -0.0254. The van der Waals surface area contributed by atoms with Crippen LogP contribution in [0.25, 0.3) is 11.4 Å². The topological polar surface area (TPSA) is 80.5 Å². The van der Waals surface area contributed by atoms with Gasteiger partial charge in [-0.1, -0.05) is 41.9 Å². The summed E-state index contributed by atoms with van der Waals surface area (Å²) in [4.78, 5) is 19.5. The highest BCUT2D eigenvalue weighted by Gasteiger charge is 2.26. The van der Waals surface area contributed by atoms with Crippen molar-refractivity contribution in [3.63, 3.8) is 0 Å². The van der Waals surface area contributed by atoms with E-state index >= 15 is 0 Å². The summed E-state index contributed by atoms with van der Waals surface area (Å²) < 4.78 is 11.3. The molecule has 1 N–H and O–H groups in total. The molecule has 0 saturated carbocycles. The van der Waals surface area contributed by atoms with Gasteiger partial charge < -0.3 is 14.6 Å². The standard InChI is InChI=1S/C27H33ClN4O3/c1-2-17-34-24-10-4-3-7-20(24)8-5-15-29-27(33)22-9-6-16-32(18-22)19-25-30-26(31-35-25)21-11-13-23(28)14-12-21/h3-4,7,10-14,22H,2,5-6,8-9,15-19H2,1H3,(H,29,33). The lowest BCUT2D eigenvalue weighted by molar-refractivity contribution is -0.126. The van der Waals surface area contributed by atoms with Gasteiger partial charge in [0, 0.05) is 23.7 Å². The van der Waals surface area contributed by atoms with Crippen molar-refractivity contribution in [2.75, 3.05) is 26.2 Å². The summed E-state index contributed by atoms with van der Waals surface area (Å²) in [5.74, 6) is 2.15.